The van der Waals surface area contributed by atoms with Crippen LogP contribution in [0.5, 0.6) is 23.0 Å². The van der Waals surface area contributed by atoms with Crippen LogP contribution in [0.1, 0.15) is 11.1 Å². The van der Waals surface area contributed by atoms with Crippen molar-refractivity contribution in [2.45, 2.75) is 33.4 Å². The van der Waals surface area contributed by atoms with E-state index in [0.29, 0.717) is 23.0 Å². The molecule has 0 heterocycles. The summed E-state index contributed by atoms with van der Waals surface area (Å²) in [5, 5.41) is 0. The van der Waals surface area contributed by atoms with E-state index in [4.69, 9.17) is 9.47 Å². The van der Waals surface area contributed by atoms with Crippen LogP contribution < -0.4 is 9.47 Å². The third kappa shape index (κ3) is 6.73. The molecule has 0 bridgehead atoms. The van der Waals surface area contributed by atoms with Gasteiger partial charge in [0.15, 0.2) is 0 Å². The van der Waals surface area contributed by atoms with Crippen LogP contribution in [0, 0.1) is 13.8 Å². The van der Waals surface area contributed by atoms with Crippen molar-refractivity contribution in [1.29, 1.82) is 0 Å². The van der Waals surface area contributed by atoms with Crippen LogP contribution in [0.2, 0.25) is 0 Å². The van der Waals surface area contributed by atoms with Crippen molar-refractivity contribution < 1.29 is 26.3 Å². The standard InChI is InChI=1S/C38H30O6S2/c1-27-5-3-7-33(25-27)43-31-13-21-37(22-14-31)45(39,40)35-17-9-29(10-18-35)30-11-19-36(20-12-30)46(41,42)38-23-15-32(16-24-38)44-34-8-4-6-28(2)26-34/h3-26H,1-2H3. The second-order valence-electron chi connectivity index (χ2n) is 10.8. The Morgan fingerprint density at radius 2 is 0.674 bits per heavy atom. The van der Waals surface area contributed by atoms with Crippen LogP contribution in [0.25, 0.3) is 11.1 Å². The second-order valence-corrected chi connectivity index (χ2v) is 14.7. The molecule has 6 nitrogen and oxygen atoms in total. The molecule has 6 aromatic rings. The monoisotopic (exact) mass is 646 g/mol. The highest BCUT2D eigenvalue weighted by molar-refractivity contribution is 7.91. The normalized spacial score (nSPS) is 11.6. The summed E-state index contributed by atoms with van der Waals surface area (Å²) in [6.45, 7) is 3.94. The van der Waals surface area contributed by atoms with Gasteiger partial charge in [-0.25, -0.2) is 16.8 Å². The summed E-state index contributed by atoms with van der Waals surface area (Å²) in [4.78, 5) is 0.609. The highest BCUT2D eigenvalue weighted by Crippen LogP contribution is 2.30. The average molecular weight is 647 g/mol. The molecule has 0 aromatic heterocycles. The quantitative estimate of drug-likeness (QED) is 0.156. The number of rotatable bonds is 9. The van der Waals surface area contributed by atoms with E-state index in [1.807, 2.05) is 62.4 Å². The van der Waals surface area contributed by atoms with E-state index < -0.39 is 19.7 Å². The first kappa shape index (κ1) is 30.8. The number of aryl methyl sites for hydroxylation is 2. The van der Waals surface area contributed by atoms with Crippen LogP contribution in [-0.2, 0) is 19.7 Å². The Kier molecular flexibility index (Phi) is 8.49. The molecule has 0 aliphatic rings. The van der Waals surface area contributed by atoms with E-state index in [1.165, 1.54) is 24.3 Å². The van der Waals surface area contributed by atoms with Crippen molar-refractivity contribution in [1.82, 2.24) is 0 Å². The van der Waals surface area contributed by atoms with E-state index in [-0.39, 0.29) is 19.6 Å². The Bertz CT molecular complexity index is 2040. The van der Waals surface area contributed by atoms with Crippen molar-refractivity contribution in [3.05, 3.63) is 157 Å². The fourth-order valence-electron chi connectivity index (χ4n) is 4.93. The van der Waals surface area contributed by atoms with Crippen molar-refractivity contribution in [3.8, 4) is 34.1 Å². The summed E-state index contributed by atoms with van der Waals surface area (Å²) in [5.41, 5.74) is 3.63. The number of hydrogen-bond donors (Lipinski definition) is 0. The lowest BCUT2D eigenvalue weighted by Crippen LogP contribution is -2.02. The molecule has 230 valence electrons. The van der Waals surface area contributed by atoms with Gasteiger partial charge in [-0.1, -0.05) is 48.5 Å². The fraction of sp³-hybridized carbons (Fsp3) is 0.0526. The maximum absolute atomic E-state index is 13.3. The Hall–Kier alpha value is -5.18. The zero-order chi connectivity index (χ0) is 32.3. The Labute approximate surface area is 269 Å². The molecule has 6 aromatic carbocycles. The molecule has 0 radical (unpaired) electrons. The van der Waals surface area contributed by atoms with Crippen LogP contribution in [0.3, 0.4) is 0 Å². The van der Waals surface area contributed by atoms with E-state index in [2.05, 4.69) is 0 Å². The van der Waals surface area contributed by atoms with Crippen LogP contribution in [0.15, 0.2) is 165 Å². The van der Waals surface area contributed by atoms with Gasteiger partial charge in [0.05, 0.1) is 19.6 Å². The Morgan fingerprint density at radius 1 is 0.370 bits per heavy atom. The van der Waals surface area contributed by atoms with Gasteiger partial charge in [-0.3, -0.25) is 0 Å². The Balaban J connectivity index is 1.14. The highest BCUT2D eigenvalue weighted by Gasteiger charge is 2.20. The summed E-state index contributed by atoms with van der Waals surface area (Å²) in [6.07, 6.45) is 0. The molecule has 0 spiro atoms. The van der Waals surface area contributed by atoms with Gasteiger partial charge in [0.25, 0.3) is 0 Å². The minimum Gasteiger partial charge on any atom is -0.457 e. The van der Waals surface area contributed by atoms with Gasteiger partial charge >= 0.3 is 0 Å². The van der Waals surface area contributed by atoms with Gasteiger partial charge in [-0.2, -0.15) is 0 Å². The lowest BCUT2D eigenvalue weighted by molar-refractivity contribution is 0.481. The topological polar surface area (TPSA) is 86.7 Å². The maximum Gasteiger partial charge on any atom is 0.206 e. The SMILES string of the molecule is Cc1cccc(Oc2ccc(S(=O)(=O)c3ccc(-c4ccc(S(=O)(=O)c5ccc(Oc6cccc(C)c6)cc5)cc4)cc3)cc2)c1. The molecule has 0 aliphatic carbocycles. The summed E-state index contributed by atoms with van der Waals surface area (Å²) in [6, 6.07) is 40.9. The van der Waals surface area contributed by atoms with Gasteiger partial charge in [0, 0.05) is 0 Å². The largest absolute Gasteiger partial charge is 0.457 e. The van der Waals surface area contributed by atoms with Gasteiger partial charge in [0.2, 0.25) is 19.7 Å². The van der Waals surface area contributed by atoms with Gasteiger partial charge < -0.3 is 9.47 Å². The zero-order valence-corrected chi connectivity index (χ0v) is 26.8. The molecule has 0 amide bonds. The molecule has 8 heteroatoms. The molecular weight excluding hydrogens is 617 g/mol. The molecule has 46 heavy (non-hydrogen) atoms. The van der Waals surface area contributed by atoms with E-state index in [9.17, 15) is 16.8 Å². The Morgan fingerprint density at radius 3 is 0.978 bits per heavy atom. The number of sulfone groups is 2. The third-order valence-corrected chi connectivity index (χ3v) is 11.0. The van der Waals surface area contributed by atoms with Crippen LogP contribution in [-0.4, -0.2) is 16.8 Å². The smallest absolute Gasteiger partial charge is 0.206 e. The average Bonchev–Trinajstić information content (AvgIpc) is 3.05. The van der Waals surface area contributed by atoms with Crippen molar-refractivity contribution in [2.24, 2.45) is 0 Å². The number of ether oxygens (including phenoxy) is 2. The number of benzene rings is 6. The lowest BCUT2D eigenvalue weighted by Gasteiger charge is -2.10. The minimum absolute atomic E-state index is 0.151. The van der Waals surface area contributed by atoms with E-state index in [0.717, 1.165) is 22.3 Å². The molecule has 0 atom stereocenters. The molecular formula is C38H30O6S2. The fourth-order valence-corrected chi connectivity index (χ4v) is 7.45. The van der Waals surface area contributed by atoms with Crippen molar-refractivity contribution in [3.63, 3.8) is 0 Å². The molecule has 0 saturated carbocycles. The summed E-state index contributed by atoms with van der Waals surface area (Å²) >= 11 is 0. The molecule has 0 N–H and O–H groups in total. The van der Waals surface area contributed by atoms with Crippen LogP contribution in [0.4, 0.5) is 0 Å². The van der Waals surface area contributed by atoms with Crippen molar-refractivity contribution >= 4 is 19.7 Å². The summed E-state index contributed by atoms with van der Waals surface area (Å²) < 4.78 is 64.9. The highest BCUT2D eigenvalue weighted by atomic mass is 32.2. The minimum atomic E-state index is -3.76. The summed E-state index contributed by atoms with van der Waals surface area (Å²) in [5.74, 6) is 2.43. The molecule has 0 saturated heterocycles. The third-order valence-electron chi connectivity index (χ3n) is 7.38. The summed E-state index contributed by atoms with van der Waals surface area (Å²) in [7, 11) is -7.52. The lowest BCUT2D eigenvalue weighted by atomic mass is 10.1. The molecule has 0 fully saturated rings. The first-order valence-corrected chi connectivity index (χ1v) is 17.4. The van der Waals surface area contributed by atoms with E-state index >= 15 is 0 Å². The molecule has 0 unspecified atom stereocenters. The first-order chi connectivity index (χ1) is 22.1. The van der Waals surface area contributed by atoms with Crippen LogP contribution >= 0.6 is 0 Å². The van der Waals surface area contributed by atoms with E-state index in [1.54, 1.807) is 72.8 Å². The number of hydrogen-bond acceptors (Lipinski definition) is 6. The molecule has 0 aliphatic heterocycles. The van der Waals surface area contributed by atoms with Gasteiger partial charge in [0.1, 0.15) is 23.0 Å². The van der Waals surface area contributed by atoms with Gasteiger partial charge in [-0.05, 0) is 133 Å². The van der Waals surface area contributed by atoms with Gasteiger partial charge in [-0.15, -0.1) is 0 Å². The second kappa shape index (κ2) is 12.7. The predicted molar refractivity (Wildman–Crippen MR) is 178 cm³/mol. The predicted octanol–water partition coefficient (Wildman–Crippen LogP) is 9.22. The molecule has 6 rings (SSSR count). The first-order valence-electron chi connectivity index (χ1n) is 14.5. The zero-order valence-electron chi connectivity index (χ0n) is 25.1. The maximum atomic E-state index is 13.3. The van der Waals surface area contributed by atoms with Crippen molar-refractivity contribution in [2.75, 3.05) is 0 Å².